The van der Waals surface area contributed by atoms with Crippen molar-refractivity contribution in [3.8, 4) is 22.6 Å². The lowest BCUT2D eigenvalue weighted by Gasteiger charge is -2.11. The maximum Gasteiger partial charge on any atom is 0.269 e. The molecule has 1 amide bonds. The molecule has 0 unspecified atom stereocenters. The maximum absolute atomic E-state index is 12.8. The number of carbonyl (C=O) groups is 1. The predicted molar refractivity (Wildman–Crippen MR) is 123 cm³/mol. The van der Waals surface area contributed by atoms with Gasteiger partial charge >= 0.3 is 0 Å². The number of aryl methyl sites for hydroxylation is 1. The molecule has 0 saturated heterocycles. The van der Waals surface area contributed by atoms with E-state index in [0.29, 0.717) is 23.7 Å². The van der Waals surface area contributed by atoms with E-state index in [0.717, 1.165) is 40.4 Å². The molecule has 0 bridgehead atoms. The summed E-state index contributed by atoms with van der Waals surface area (Å²) in [6.07, 6.45) is 8.51. The van der Waals surface area contributed by atoms with Gasteiger partial charge in [0.2, 0.25) is 0 Å². The number of rotatable bonds is 8. The number of benzene rings is 1. The topological polar surface area (TPSA) is 86.2 Å². The number of hydrogen-bond acceptors (Lipinski definition) is 6. The van der Waals surface area contributed by atoms with E-state index < -0.39 is 0 Å². The van der Waals surface area contributed by atoms with Crippen molar-refractivity contribution in [1.82, 2.24) is 20.3 Å². The molecule has 0 atom stereocenters. The monoisotopic (exact) mass is 428 g/mol. The Hall–Kier alpha value is -4.00. The fourth-order valence-corrected chi connectivity index (χ4v) is 3.57. The molecular weight excluding hydrogens is 404 g/mol. The van der Waals surface area contributed by atoms with Crippen LogP contribution in [-0.2, 0) is 6.42 Å². The minimum Gasteiger partial charge on any atom is -0.493 e. The first-order valence-corrected chi connectivity index (χ1v) is 10.3. The molecule has 0 radical (unpaired) electrons. The lowest BCUT2D eigenvalue weighted by atomic mass is 10.0. The van der Waals surface area contributed by atoms with Crippen molar-refractivity contribution in [1.29, 1.82) is 0 Å². The van der Waals surface area contributed by atoms with E-state index in [1.54, 1.807) is 45.1 Å². The zero-order valence-corrected chi connectivity index (χ0v) is 18.0. The van der Waals surface area contributed by atoms with Crippen molar-refractivity contribution in [2.75, 3.05) is 20.8 Å². The number of amides is 1. The summed E-state index contributed by atoms with van der Waals surface area (Å²) in [6.45, 7) is 0.533. The largest absolute Gasteiger partial charge is 0.493 e. The molecule has 3 heterocycles. The van der Waals surface area contributed by atoms with Crippen LogP contribution in [-0.4, -0.2) is 41.6 Å². The van der Waals surface area contributed by atoms with Crippen LogP contribution in [0.4, 0.5) is 0 Å². The van der Waals surface area contributed by atoms with Gasteiger partial charge in [-0.1, -0.05) is 12.1 Å². The lowest BCUT2D eigenvalue weighted by Crippen LogP contribution is -2.25. The van der Waals surface area contributed by atoms with Gasteiger partial charge in [0.05, 0.1) is 19.7 Å². The Morgan fingerprint density at radius 1 is 0.969 bits per heavy atom. The van der Waals surface area contributed by atoms with E-state index in [-0.39, 0.29) is 5.91 Å². The molecule has 4 aromatic rings. The highest BCUT2D eigenvalue weighted by molar-refractivity contribution is 6.00. The summed E-state index contributed by atoms with van der Waals surface area (Å²) >= 11 is 0. The number of carbonyl (C=O) groups excluding carboxylic acids is 1. The first-order chi connectivity index (χ1) is 15.7. The highest BCUT2D eigenvalue weighted by Gasteiger charge is 2.13. The van der Waals surface area contributed by atoms with Gasteiger partial charge in [-0.15, -0.1) is 0 Å². The molecule has 7 heteroatoms. The molecule has 4 rings (SSSR count). The molecule has 0 aliphatic heterocycles. The lowest BCUT2D eigenvalue weighted by molar-refractivity contribution is 0.0948. The van der Waals surface area contributed by atoms with Crippen LogP contribution < -0.4 is 14.8 Å². The van der Waals surface area contributed by atoms with Crippen molar-refractivity contribution >= 4 is 16.8 Å². The summed E-state index contributed by atoms with van der Waals surface area (Å²) in [4.78, 5) is 25.8. The smallest absolute Gasteiger partial charge is 0.269 e. The van der Waals surface area contributed by atoms with Crippen molar-refractivity contribution < 1.29 is 14.3 Å². The van der Waals surface area contributed by atoms with E-state index in [1.165, 1.54) is 0 Å². The van der Waals surface area contributed by atoms with Crippen LogP contribution in [0.5, 0.6) is 11.5 Å². The van der Waals surface area contributed by atoms with Crippen LogP contribution in [0.25, 0.3) is 22.0 Å². The van der Waals surface area contributed by atoms with Crippen molar-refractivity contribution in [3.63, 3.8) is 0 Å². The standard InChI is InChI=1S/C25H24N4O3/c1-31-23-8-7-17(13-24(23)32-2)5-3-11-28-25(30)22-14-19(18-6-4-10-26-15-18)20-16-27-12-9-21(20)29-22/h4,6-10,12-16H,3,5,11H2,1-2H3,(H,28,30). The number of nitrogens with one attached hydrogen (secondary N) is 1. The van der Waals surface area contributed by atoms with Crippen LogP contribution in [0, 0.1) is 0 Å². The van der Waals surface area contributed by atoms with E-state index in [4.69, 9.17) is 9.47 Å². The van der Waals surface area contributed by atoms with Crippen LogP contribution in [0.2, 0.25) is 0 Å². The maximum atomic E-state index is 12.8. The fourth-order valence-electron chi connectivity index (χ4n) is 3.57. The zero-order valence-electron chi connectivity index (χ0n) is 18.0. The highest BCUT2D eigenvalue weighted by Crippen LogP contribution is 2.28. The molecule has 0 fully saturated rings. The third-order valence-electron chi connectivity index (χ3n) is 5.19. The van der Waals surface area contributed by atoms with Gasteiger partial charge < -0.3 is 14.8 Å². The summed E-state index contributed by atoms with van der Waals surface area (Å²) in [6, 6.07) is 13.3. The molecule has 3 aromatic heterocycles. The van der Waals surface area contributed by atoms with Gasteiger partial charge in [-0.05, 0) is 54.3 Å². The van der Waals surface area contributed by atoms with Gasteiger partial charge in [0.1, 0.15) is 5.69 Å². The van der Waals surface area contributed by atoms with Crippen molar-refractivity contribution in [3.05, 3.63) is 78.5 Å². The number of ether oxygens (including phenoxy) is 2. The second kappa shape index (κ2) is 9.87. The van der Waals surface area contributed by atoms with E-state index >= 15 is 0 Å². The number of fused-ring (bicyclic) bond motifs is 1. The summed E-state index contributed by atoms with van der Waals surface area (Å²) < 4.78 is 10.6. The summed E-state index contributed by atoms with van der Waals surface area (Å²) in [5.74, 6) is 1.19. The second-order valence-corrected chi connectivity index (χ2v) is 7.24. The number of nitrogens with zero attached hydrogens (tertiary/aromatic N) is 3. The third kappa shape index (κ3) is 4.67. The van der Waals surface area contributed by atoms with Crippen LogP contribution >= 0.6 is 0 Å². The van der Waals surface area contributed by atoms with Gasteiger partial charge in [0.25, 0.3) is 5.91 Å². The van der Waals surface area contributed by atoms with Gasteiger partial charge in [0, 0.05) is 42.3 Å². The van der Waals surface area contributed by atoms with Crippen molar-refractivity contribution in [2.24, 2.45) is 0 Å². The van der Waals surface area contributed by atoms with Crippen LogP contribution in [0.15, 0.2) is 67.3 Å². The first-order valence-electron chi connectivity index (χ1n) is 10.3. The molecule has 0 spiro atoms. The normalized spacial score (nSPS) is 10.7. The molecular formula is C25H24N4O3. The van der Waals surface area contributed by atoms with E-state index in [9.17, 15) is 4.79 Å². The summed E-state index contributed by atoms with van der Waals surface area (Å²) in [5, 5.41) is 3.86. The Kier molecular flexibility index (Phi) is 6.55. The Labute approximate surface area is 186 Å². The molecule has 1 N–H and O–H groups in total. The minimum absolute atomic E-state index is 0.207. The third-order valence-corrected chi connectivity index (χ3v) is 5.19. The Morgan fingerprint density at radius 2 is 1.81 bits per heavy atom. The number of pyridine rings is 3. The molecule has 0 aliphatic carbocycles. The van der Waals surface area contributed by atoms with E-state index in [1.807, 2.05) is 36.4 Å². The predicted octanol–water partition coefficient (Wildman–Crippen LogP) is 4.07. The molecule has 0 aliphatic rings. The molecule has 32 heavy (non-hydrogen) atoms. The van der Waals surface area contributed by atoms with E-state index in [2.05, 4.69) is 20.3 Å². The summed E-state index contributed by atoms with van der Waals surface area (Å²) in [7, 11) is 3.23. The Morgan fingerprint density at radius 3 is 2.59 bits per heavy atom. The van der Waals surface area contributed by atoms with Crippen LogP contribution in [0.3, 0.4) is 0 Å². The Bertz CT molecular complexity index is 1230. The van der Waals surface area contributed by atoms with Gasteiger partial charge in [-0.3, -0.25) is 14.8 Å². The SMILES string of the molecule is COc1ccc(CCCNC(=O)c2cc(-c3cccnc3)c3cnccc3n2)cc1OC. The van der Waals surface area contributed by atoms with Gasteiger partial charge in [-0.2, -0.15) is 0 Å². The quantitative estimate of drug-likeness (QED) is 0.426. The summed E-state index contributed by atoms with van der Waals surface area (Å²) in [5.41, 5.74) is 4.00. The van der Waals surface area contributed by atoms with Crippen LogP contribution in [0.1, 0.15) is 22.5 Å². The molecule has 162 valence electrons. The molecule has 0 saturated carbocycles. The minimum atomic E-state index is -0.207. The first kappa shape index (κ1) is 21.2. The average molecular weight is 428 g/mol. The molecule has 1 aromatic carbocycles. The second-order valence-electron chi connectivity index (χ2n) is 7.24. The number of methoxy groups -OCH3 is 2. The van der Waals surface area contributed by atoms with Gasteiger partial charge in [-0.25, -0.2) is 4.98 Å². The molecule has 7 nitrogen and oxygen atoms in total. The van der Waals surface area contributed by atoms with Crippen molar-refractivity contribution in [2.45, 2.75) is 12.8 Å². The Balaban J connectivity index is 1.45. The highest BCUT2D eigenvalue weighted by atomic mass is 16.5. The average Bonchev–Trinajstić information content (AvgIpc) is 2.86. The fraction of sp³-hybridized carbons (Fsp3) is 0.200. The zero-order chi connectivity index (χ0) is 22.3. The number of aromatic nitrogens is 3. The van der Waals surface area contributed by atoms with Gasteiger partial charge in [0.15, 0.2) is 11.5 Å². The number of hydrogen-bond donors (Lipinski definition) is 1.